The Labute approximate surface area is 115 Å². The molecule has 20 heavy (non-hydrogen) atoms. The van der Waals surface area contributed by atoms with Gasteiger partial charge in [-0.15, -0.1) is 0 Å². The molecule has 0 radical (unpaired) electrons. The fraction of sp³-hybridized carbons (Fsp3) is 0.0667. The van der Waals surface area contributed by atoms with Gasteiger partial charge in [-0.3, -0.25) is 9.59 Å². The van der Waals surface area contributed by atoms with Crippen molar-refractivity contribution < 1.29 is 14.0 Å². The van der Waals surface area contributed by atoms with Crippen molar-refractivity contribution in [2.75, 3.05) is 11.9 Å². The Kier molecular flexibility index (Phi) is 4.22. The summed E-state index contributed by atoms with van der Waals surface area (Å²) in [7, 11) is 0. The second kappa shape index (κ2) is 6.08. The van der Waals surface area contributed by atoms with Crippen molar-refractivity contribution in [2.45, 2.75) is 0 Å². The summed E-state index contributed by atoms with van der Waals surface area (Å²) in [5.74, 6) is -0.907. The normalized spacial score (nSPS) is 10.1. The van der Waals surface area contributed by atoms with Gasteiger partial charge < -0.3 is 11.1 Å². The first-order chi connectivity index (χ1) is 9.60. The summed E-state index contributed by atoms with van der Waals surface area (Å²) in [5.41, 5.74) is 6.66. The number of benzene rings is 2. The summed E-state index contributed by atoms with van der Waals surface area (Å²) < 4.78 is 12.8. The van der Waals surface area contributed by atoms with E-state index in [9.17, 15) is 14.0 Å². The first-order valence-electron chi connectivity index (χ1n) is 6.00. The Morgan fingerprint density at radius 2 is 1.50 bits per heavy atom. The van der Waals surface area contributed by atoms with Gasteiger partial charge in [-0.05, 0) is 48.5 Å². The van der Waals surface area contributed by atoms with Gasteiger partial charge in [-0.25, -0.2) is 4.39 Å². The van der Waals surface area contributed by atoms with Crippen molar-refractivity contribution >= 4 is 17.4 Å². The molecule has 0 saturated carbocycles. The Morgan fingerprint density at radius 3 is 2.05 bits per heavy atom. The molecule has 5 heteroatoms. The van der Waals surface area contributed by atoms with Crippen LogP contribution in [0.5, 0.6) is 0 Å². The molecule has 4 nitrogen and oxygen atoms in total. The number of hydrogen-bond acceptors (Lipinski definition) is 3. The Bertz CT molecular complexity index is 621. The minimum Gasteiger partial charge on any atom is -0.324 e. The third-order valence-corrected chi connectivity index (χ3v) is 2.76. The topological polar surface area (TPSA) is 72.2 Å². The van der Waals surface area contributed by atoms with E-state index in [1.807, 2.05) is 0 Å². The van der Waals surface area contributed by atoms with E-state index in [4.69, 9.17) is 5.73 Å². The summed E-state index contributed by atoms with van der Waals surface area (Å²) in [6, 6.07) is 11.7. The number of rotatable bonds is 4. The van der Waals surface area contributed by atoms with Crippen molar-refractivity contribution in [3.8, 4) is 0 Å². The lowest BCUT2D eigenvalue weighted by Gasteiger charge is -2.06. The zero-order chi connectivity index (χ0) is 14.5. The number of nitrogens with two attached hydrogens (primary N) is 1. The quantitative estimate of drug-likeness (QED) is 0.838. The van der Waals surface area contributed by atoms with Crippen LogP contribution in [0.1, 0.15) is 20.7 Å². The lowest BCUT2D eigenvalue weighted by molar-refractivity contribution is 0.0999. The van der Waals surface area contributed by atoms with E-state index < -0.39 is 5.82 Å². The average molecular weight is 272 g/mol. The zero-order valence-electron chi connectivity index (χ0n) is 10.6. The monoisotopic (exact) mass is 272 g/mol. The van der Waals surface area contributed by atoms with Crippen LogP contribution in [0.15, 0.2) is 48.5 Å². The number of halogens is 1. The third-order valence-electron chi connectivity index (χ3n) is 2.76. The summed E-state index contributed by atoms with van der Waals surface area (Å²) in [5, 5.41) is 2.66. The summed E-state index contributed by atoms with van der Waals surface area (Å²) >= 11 is 0. The molecule has 1 amide bonds. The van der Waals surface area contributed by atoms with Gasteiger partial charge in [-0.2, -0.15) is 0 Å². The first-order valence-corrected chi connectivity index (χ1v) is 6.00. The molecule has 0 aromatic heterocycles. The maximum atomic E-state index is 12.8. The molecule has 0 atom stereocenters. The number of carbonyl (C=O) groups is 2. The van der Waals surface area contributed by atoms with Gasteiger partial charge in [-0.1, -0.05) is 0 Å². The van der Waals surface area contributed by atoms with Crippen LogP contribution in [0.4, 0.5) is 10.1 Å². The van der Waals surface area contributed by atoms with Gasteiger partial charge in [0.2, 0.25) is 0 Å². The minimum atomic E-state index is -0.397. The van der Waals surface area contributed by atoms with Gasteiger partial charge in [0.1, 0.15) is 5.82 Å². The molecule has 0 heterocycles. The molecular weight excluding hydrogens is 259 g/mol. The average Bonchev–Trinajstić information content (AvgIpc) is 2.48. The highest BCUT2D eigenvalue weighted by molar-refractivity contribution is 6.04. The predicted molar refractivity (Wildman–Crippen MR) is 74.2 cm³/mol. The van der Waals surface area contributed by atoms with Crippen molar-refractivity contribution in [3.63, 3.8) is 0 Å². The fourth-order valence-corrected chi connectivity index (χ4v) is 1.66. The van der Waals surface area contributed by atoms with Gasteiger partial charge in [0, 0.05) is 16.8 Å². The van der Waals surface area contributed by atoms with Crippen molar-refractivity contribution in [3.05, 3.63) is 65.5 Å². The lowest BCUT2D eigenvalue weighted by Crippen LogP contribution is -2.14. The maximum Gasteiger partial charge on any atom is 0.255 e. The molecule has 102 valence electrons. The van der Waals surface area contributed by atoms with Crippen LogP contribution in [0.3, 0.4) is 0 Å². The molecule has 0 fully saturated rings. The molecule has 2 rings (SSSR count). The molecule has 0 saturated heterocycles. The van der Waals surface area contributed by atoms with Crippen LogP contribution in [0.25, 0.3) is 0 Å². The molecular formula is C15H13FN2O2. The Hall–Kier alpha value is -2.53. The number of nitrogens with one attached hydrogen (secondary N) is 1. The first kappa shape index (κ1) is 13.9. The molecule has 2 aromatic rings. The zero-order valence-corrected chi connectivity index (χ0v) is 10.6. The number of amides is 1. The number of anilines is 1. The van der Waals surface area contributed by atoms with Crippen LogP contribution in [-0.4, -0.2) is 18.2 Å². The smallest absolute Gasteiger partial charge is 0.255 e. The second-order valence-corrected chi connectivity index (χ2v) is 4.17. The molecule has 0 spiro atoms. The molecule has 0 aliphatic heterocycles. The highest BCUT2D eigenvalue weighted by atomic mass is 19.1. The predicted octanol–water partition coefficient (Wildman–Crippen LogP) is 2.22. The number of Topliss-reactive ketones (excluding diaryl/α,β-unsaturated/α-hetero) is 1. The van der Waals surface area contributed by atoms with E-state index in [1.165, 1.54) is 24.3 Å². The fourth-order valence-electron chi connectivity index (χ4n) is 1.66. The molecule has 0 bridgehead atoms. The molecule has 2 aromatic carbocycles. The van der Waals surface area contributed by atoms with Gasteiger partial charge in [0.15, 0.2) is 5.78 Å². The summed E-state index contributed by atoms with van der Waals surface area (Å²) in [4.78, 5) is 23.2. The van der Waals surface area contributed by atoms with E-state index in [0.29, 0.717) is 16.8 Å². The third kappa shape index (κ3) is 3.27. The van der Waals surface area contributed by atoms with Crippen LogP contribution >= 0.6 is 0 Å². The second-order valence-electron chi connectivity index (χ2n) is 4.17. The SMILES string of the molecule is NCC(=O)c1ccc(NC(=O)c2ccc(F)cc2)cc1. The van der Waals surface area contributed by atoms with Crippen molar-refractivity contribution in [2.24, 2.45) is 5.73 Å². The summed E-state index contributed by atoms with van der Waals surface area (Å²) in [6.45, 7) is -0.0543. The number of carbonyl (C=O) groups excluding carboxylic acids is 2. The Balaban J connectivity index is 2.08. The largest absolute Gasteiger partial charge is 0.324 e. The Morgan fingerprint density at radius 1 is 0.950 bits per heavy atom. The van der Waals surface area contributed by atoms with Gasteiger partial charge >= 0.3 is 0 Å². The highest BCUT2D eigenvalue weighted by Gasteiger charge is 2.07. The number of ketones is 1. The molecule has 0 aliphatic rings. The van der Waals surface area contributed by atoms with Crippen LogP contribution in [0.2, 0.25) is 0 Å². The molecule has 3 N–H and O–H groups in total. The summed E-state index contributed by atoms with van der Waals surface area (Å²) in [6.07, 6.45) is 0. The molecule has 0 aliphatic carbocycles. The minimum absolute atomic E-state index is 0.0543. The molecule has 0 unspecified atom stereocenters. The van der Waals surface area contributed by atoms with Gasteiger partial charge in [0.25, 0.3) is 5.91 Å². The van der Waals surface area contributed by atoms with E-state index >= 15 is 0 Å². The van der Waals surface area contributed by atoms with Gasteiger partial charge in [0.05, 0.1) is 6.54 Å². The van der Waals surface area contributed by atoms with Crippen LogP contribution < -0.4 is 11.1 Å². The standard InChI is InChI=1S/C15H13FN2O2/c16-12-5-1-11(2-6-12)15(20)18-13-7-3-10(4-8-13)14(19)9-17/h1-8H,9,17H2,(H,18,20). The lowest BCUT2D eigenvalue weighted by atomic mass is 10.1. The van der Waals surface area contributed by atoms with Crippen LogP contribution in [-0.2, 0) is 0 Å². The number of hydrogen-bond donors (Lipinski definition) is 2. The van der Waals surface area contributed by atoms with E-state index in [1.54, 1.807) is 24.3 Å². The van der Waals surface area contributed by atoms with Crippen molar-refractivity contribution in [1.82, 2.24) is 0 Å². The van der Waals surface area contributed by atoms with Crippen LogP contribution in [0, 0.1) is 5.82 Å². The highest BCUT2D eigenvalue weighted by Crippen LogP contribution is 2.12. The maximum absolute atomic E-state index is 12.8. The van der Waals surface area contributed by atoms with E-state index in [0.717, 1.165) is 0 Å². The van der Waals surface area contributed by atoms with E-state index in [-0.39, 0.29) is 18.2 Å². The van der Waals surface area contributed by atoms with Crippen molar-refractivity contribution in [1.29, 1.82) is 0 Å². The van der Waals surface area contributed by atoms with E-state index in [2.05, 4.69) is 5.32 Å².